The lowest BCUT2D eigenvalue weighted by Gasteiger charge is -2.14. The molecule has 0 fully saturated rings. The molecule has 0 saturated carbocycles. The van der Waals surface area contributed by atoms with E-state index in [2.05, 4.69) is 21.6 Å². The summed E-state index contributed by atoms with van der Waals surface area (Å²) in [6.07, 6.45) is 5.08. The Morgan fingerprint density at radius 2 is 2.23 bits per heavy atom. The quantitative estimate of drug-likeness (QED) is 0.543. The van der Waals surface area contributed by atoms with Gasteiger partial charge in [-0.3, -0.25) is 4.79 Å². The summed E-state index contributed by atoms with van der Waals surface area (Å²) < 4.78 is 5.97. The Kier molecular flexibility index (Phi) is 6.09. The number of rotatable bonds is 6. The summed E-state index contributed by atoms with van der Waals surface area (Å²) in [4.78, 5) is 14.0. The number of thiophene rings is 1. The minimum Gasteiger partial charge on any atom is -0.486 e. The molecule has 3 aromatic rings. The fraction of sp³-hybridized carbons (Fsp3) is 0.261. The zero-order valence-corrected chi connectivity index (χ0v) is 18.7. The molecule has 31 heavy (non-hydrogen) atoms. The first-order chi connectivity index (χ1) is 14.8. The van der Waals surface area contributed by atoms with E-state index in [1.807, 2.05) is 18.2 Å². The number of hydrogen-bond acceptors (Lipinski definition) is 6. The van der Waals surface area contributed by atoms with Crippen molar-refractivity contribution in [2.24, 2.45) is 0 Å². The van der Waals surface area contributed by atoms with E-state index in [4.69, 9.17) is 16.3 Å². The van der Waals surface area contributed by atoms with Gasteiger partial charge in [0.05, 0.1) is 22.9 Å². The average molecular weight is 456 g/mol. The van der Waals surface area contributed by atoms with Crippen molar-refractivity contribution >= 4 is 34.9 Å². The van der Waals surface area contributed by atoms with Crippen LogP contribution in [0.15, 0.2) is 48.7 Å². The molecule has 1 amide bonds. The Labute approximate surface area is 189 Å². The van der Waals surface area contributed by atoms with E-state index < -0.39 is 5.60 Å². The third-order valence-electron chi connectivity index (χ3n) is 4.85. The van der Waals surface area contributed by atoms with Crippen LogP contribution in [-0.4, -0.2) is 33.9 Å². The second-order valence-corrected chi connectivity index (χ2v) is 9.33. The smallest absolute Gasteiger partial charge is 0.244 e. The fourth-order valence-electron chi connectivity index (χ4n) is 3.30. The zero-order valence-electron chi connectivity index (χ0n) is 17.1. The number of aromatic nitrogens is 2. The van der Waals surface area contributed by atoms with Crippen LogP contribution in [0.1, 0.15) is 30.0 Å². The molecule has 0 spiro atoms. The van der Waals surface area contributed by atoms with Gasteiger partial charge in [0.1, 0.15) is 11.9 Å². The molecule has 6 nitrogen and oxygen atoms in total. The van der Waals surface area contributed by atoms with E-state index in [-0.39, 0.29) is 12.0 Å². The van der Waals surface area contributed by atoms with Gasteiger partial charge in [0.2, 0.25) is 5.91 Å². The maximum Gasteiger partial charge on any atom is 0.244 e. The highest BCUT2D eigenvalue weighted by Crippen LogP contribution is 2.42. The molecule has 3 heterocycles. The van der Waals surface area contributed by atoms with Gasteiger partial charge in [0.25, 0.3) is 0 Å². The number of benzene rings is 1. The van der Waals surface area contributed by atoms with Crippen molar-refractivity contribution < 1.29 is 14.6 Å². The summed E-state index contributed by atoms with van der Waals surface area (Å²) in [5.41, 5.74) is 1.74. The van der Waals surface area contributed by atoms with E-state index in [1.165, 1.54) is 6.08 Å². The van der Waals surface area contributed by atoms with Crippen LogP contribution in [0.25, 0.3) is 16.5 Å². The zero-order chi connectivity index (χ0) is 22.0. The standard InChI is InChI=1S/C23H22ClN3O3S/c1-23(2,29)20-7-6-19(31-20)14-10-15-11-17(30-22(15)18(24)12-14)13-25-21(28)8-5-16-4-3-9-26-27-16/h3-10,12,17,29H,11,13H2,1-2H3,(H,25,28). The second kappa shape index (κ2) is 8.78. The largest absolute Gasteiger partial charge is 0.486 e. The van der Waals surface area contributed by atoms with Gasteiger partial charge in [-0.2, -0.15) is 10.2 Å². The summed E-state index contributed by atoms with van der Waals surface area (Å²) >= 11 is 8.03. The molecule has 1 atom stereocenters. The number of nitrogens with zero attached hydrogens (tertiary/aromatic N) is 2. The summed E-state index contributed by atoms with van der Waals surface area (Å²) in [7, 11) is 0. The minimum absolute atomic E-state index is 0.188. The van der Waals surface area contributed by atoms with E-state index in [1.54, 1.807) is 49.6 Å². The van der Waals surface area contributed by atoms with E-state index >= 15 is 0 Å². The molecule has 1 unspecified atom stereocenters. The van der Waals surface area contributed by atoms with Crippen molar-refractivity contribution in [3.63, 3.8) is 0 Å². The first-order valence-corrected chi connectivity index (χ1v) is 11.0. The lowest BCUT2D eigenvalue weighted by molar-refractivity contribution is -0.116. The highest BCUT2D eigenvalue weighted by molar-refractivity contribution is 7.15. The van der Waals surface area contributed by atoms with Gasteiger partial charge in [0.15, 0.2) is 0 Å². The van der Waals surface area contributed by atoms with Crippen molar-refractivity contribution in [3.05, 3.63) is 69.8 Å². The van der Waals surface area contributed by atoms with Gasteiger partial charge in [-0.15, -0.1) is 11.3 Å². The predicted molar refractivity (Wildman–Crippen MR) is 122 cm³/mol. The molecular weight excluding hydrogens is 434 g/mol. The molecule has 2 N–H and O–H groups in total. The van der Waals surface area contributed by atoms with Crippen LogP contribution in [0.3, 0.4) is 0 Å². The normalized spacial score (nSPS) is 15.7. The molecule has 0 bridgehead atoms. The molecule has 1 aromatic carbocycles. The third kappa shape index (κ3) is 5.12. The molecular formula is C23H22ClN3O3S. The Morgan fingerprint density at radius 3 is 2.94 bits per heavy atom. The summed E-state index contributed by atoms with van der Waals surface area (Å²) in [5, 5.41) is 21.3. The van der Waals surface area contributed by atoms with Gasteiger partial charge in [-0.1, -0.05) is 11.6 Å². The van der Waals surface area contributed by atoms with Crippen LogP contribution in [-0.2, 0) is 16.8 Å². The number of aliphatic hydroxyl groups is 1. The van der Waals surface area contributed by atoms with Crippen LogP contribution in [0, 0.1) is 0 Å². The predicted octanol–water partition coefficient (Wildman–Crippen LogP) is 4.22. The number of ether oxygens (including phenoxy) is 1. The minimum atomic E-state index is -0.878. The van der Waals surface area contributed by atoms with Gasteiger partial charge >= 0.3 is 0 Å². The maximum absolute atomic E-state index is 12.1. The lowest BCUT2D eigenvalue weighted by atomic mass is 10.0. The first kappa shape index (κ1) is 21.5. The first-order valence-electron chi connectivity index (χ1n) is 9.85. The monoisotopic (exact) mass is 455 g/mol. The Morgan fingerprint density at radius 1 is 1.39 bits per heavy atom. The van der Waals surface area contributed by atoms with Gasteiger partial charge in [-0.05, 0) is 61.9 Å². The number of halogens is 1. The van der Waals surface area contributed by atoms with Crippen LogP contribution in [0.4, 0.5) is 0 Å². The number of fused-ring (bicyclic) bond motifs is 1. The molecule has 0 saturated heterocycles. The Hall–Kier alpha value is -2.74. The molecule has 1 aliphatic heterocycles. The van der Waals surface area contributed by atoms with E-state index in [0.29, 0.717) is 29.4 Å². The summed E-state index contributed by atoms with van der Waals surface area (Å²) in [5.74, 6) is 0.439. The highest BCUT2D eigenvalue weighted by atomic mass is 35.5. The van der Waals surface area contributed by atoms with Crippen molar-refractivity contribution in [2.75, 3.05) is 6.54 Å². The summed E-state index contributed by atoms with van der Waals surface area (Å²) in [6, 6.07) is 11.4. The van der Waals surface area contributed by atoms with Crippen LogP contribution >= 0.6 is 22.9 Å². The van der Waals surface area contributed by atoms with Crippen molar-refractivity contribution in [1.82, 2.24) is 15.5 Å². The molecule has 0 aliphatic carbocycles. The third-order valence-corrected chi connectivity index (χ3v) is 6.58. The summed E-state index contributed by atoms with van der Waals surface area (Å²) in [6.45, 7) is 3.91. The lowest BCUT2D eigenvalue weighted by Crippen LogP contribution is -2.33. The van der Waals surface area contributed by atoms with Crippen molar-refractivity contribution in [2.45, 2.75) is 32.0 Å². The second-order valence-electron chi connectivity index (χ2n) is 7.84. The number of carbonyl (C=O) groups is 1. The number of amides is 1. The van der Waals surface area contributed by atoms with Crippen LogP contribution in [0.5, 0.6) is 5.75 Å². The highest BCUT2D eigenvalue weighted by Gasteiger charge is 2.27. The molecule has 2 aromatic heterocycles. The number of hydrogen-bond donors (Lipinski definition) is 2. The number of carbonyl (C=O) groups excluding carboxylic acids is 1. The van der Waals surface area contributed by atoms with Gasteiger partial charge in [0, 0.05) is 34.0 Å². The SMILES string of the molecule is CC(C)(O)c1ccc(-c2cc(Cl)c3c(c2)CC(CNC(=O)C=Cc2cccnn2)O3)s1. The van der Waals surface area contributed by atoms with Gasteiger partial charge in [-0.25, -0.2) is 0 Å². The van der Waals surface area contributed by atoms with Crippen molar-refractivity contribution in [3.8, 4) is 16.2 Å². The Bertz CT molecular complexity index is 1120. The maximum atomic E-state index is 12.1. The fourth-order valence-corrected chi connectivity index (χ4v) is 4.58. The molecule has 4 rings (SSSR count). The molecule has 8 heteroatoms. The van der Waals surface area contributed by atoms with E-state index in [0.717, 1.165) is 20.9 Å². The molecule has 160 valence electrons. The van der Waals surface area contributed by atoms with E-state index in [9.17, 15) is 9.90 Å². The number of nitrogens with one attached hydrogen (secondary N) is 1. The topological polar surface area (TPSA) is 84.3 Å². The van der Waals surface area contributed by atoms with Crippen LogP contribution in [0.2, 0.25) is 5.02 Å². The van der Waals surface area contributed by atoms with Crippen molar-refractivity contribution in [1.29, 1.82) is 0 Å². The average Bonchev–Trinajstić information content (AvgIpc) is 3.39. The molecule has 0 radical (unpaired) electrons. The van der Waals surface area contributed by atoms with Crippen LogP contribution < -0.4 is 10.1 Å². The Balaban J connectivity index is 1.40. The molecule has 1 aliphatic rings. The van der Waals surface area contributed by atoms with Gasteiger partial charge < -0.3 is 15.2 Å².